The summed E-state index contributed by atoms with van der Waals surface area (Å²) in [6, 6.07) is 0. The predicted octanol–water partition coefficient (Wildman–Crippen LogP) is 5.95. The van der Waals surface area contributed by atoms with Crippen LogP contribution in [-0.4, -0.2) is 13.0 Å². The van der Waals surface area contributed by atoms with Gasteiger partial charge in [-0.25, -0.2) is 0 Å². The van der Waals surface area contributed by atoms with Crippen molar-refractivity contribution in [3.63, 3.8) is 0 Å². The van der Waals surface area contributed by atoms with Gasteiger partial charge in [-0.3, -0.25) is 4.79 Å². The van der Waals surface area contributed by atoms with E-state index in [0.29, 0.717) is 10.8 Å². The topological polar surface area (TPSA) is 29.1 Å². The van der Waals surface area contributed by atoms with Crippen LogP contribution < -0.4 is 5.32 Å². The number of amides is 1. The van der Waals surface area contributed by atoms with E-state index in [1.807, 2.05) is 0 Å². The second-order valence-electron chi connectivity index (χ2n) is 10.8. The molecule has 0 aromatic carbocycles. The van der Waals surface area contributed by atoms with Crippen LogP contribution in [0.25, 0.3) is 0 Å². The summed E-state index contributed by atoms with van der Waals surface area (Å²) in [5.41, 5.74) is 1.24. The molecular weight excluding hydrogens is 318 g/mol. The average molecular weight is 360 g/mol. The van der Waals surface area contributed by atoms with Gasteiger partial charge in [0.1, 0.15) is 0 Å². The zero-order chi connectivity index (χ0) is 18.4. The lowest BCUT2D eigenvalue weighted by molar-refractivity contribution is -0.121. The minimum absolute atomic E-state index is 0.219. The van der Waals surface area contributed by atoms with Crippen LogP contribution in [0.4, 0.5) is 0 Å². The first-order chi connectivity index (χ1) is 12.5. The molecule has 0 radical (unpaired) electrons. The first-order valence-electron chi connectivity index (χ1n) is 11.7. The molecule has 26 heavy (non-hydrogen) atoms. The summed E-state index contributed by atoms with van der Waals surface area (Å²) < 4.78 is 0. The maximum Gasteiger partial charge on any atom is 0.219 e. The predicted molar refractivity (Wildman–Crippen MR) is 108 cm³/mol. The minimum atomic E-state index is 0.219. The van der Waals surface area contributed by atoms with E-state index >= 15 is 0 Å². The van der Waals surface area contributed by atoms with Gasteiger partial charge in [-0.2, -0.15) is 0 Å². The number of carbonyl (C=O) groups excluding carboxylic acids is 1. The lowest BCUT2D eigenvalue weighted by Crippen LogP contribution is -2.52. The number of carbonyl (C=O) groups is 1. The summed E-state index contributed by atoms with van der Waals surface area (Å²) in [4.78, 5) is 11.6. The smallest absolute Gasteiger partial charge is 0.219 e. The van der Waals surface area contributed by atoms with Crippen molar-refractivity contribution in [2.75, 3.05) is 7.05 Å². The molecule has 4 saturated carbocycles. The SMILES string of the molecule is CNC(=O)CCCC1CCC2C3CCC4CCCCC4(C)C3CCC12C. The quantitative estimate of drug-likeness (QED) is 0.660. The molecule has 4 rings (SSSR count). The van der Waals surface area contributed by atoms with E-state index < -0.39 is 0 Å². The van der Waals surface area contributed by atoms with Crippen molar-refractivity contribution < 1.29 is 4.79 Å². The first-order valence-corrected chi connectivity index (χ1v) is 11.7. The normalized spacial score (nSPS) is 47.6. The number of hydrogen-bond donors (Lipinski definition) is 1. The highest BCUT2D eigenvalue weighted by molar-refractivity contribution is 5.75. The number of rotatable bonds is 4. The Morgan fingerprint density at radius 3 is 2.54 bits per heavy atom. The third-order valence-corrected chi connectivity index (χ3v) is 10.0. The summed E-state index contributed by atoms with van der Waals surface area (Å²) in [5, 5.41) is 2.79. The Morgan fingerprint density at radius 1 is 0.923 bits per heavy atom. The third kappa shape index (κ3) is 2.94. The monoisotopic (exact) mass is 359 g/mol. The highest BCUT2D eigenvalue weighted by atomic mass is 16.1. The van der Waals surface area contributed by atoms with Crippen molar-refractivity contribution in [1.82, 2.24) is 5.32 Å². The molecule has 1 amide bonds. The molecule has 4 fully saturated rings. The largest absolute Gasteiger partial charge is 0.359 e. The van der Waals surface area contributed by atoms with E-state index in [0.717, 1.165) is 42.4 Å². The zero-order valence-electron chi connectivity index (χ0n) is 17.5. The molecule has 0 aromatic heterocycles. The van der Waals surface area contributed by atoms with E-state index in [-0.39, 0.29) is 5.91 Å². The van der Waals surface area contributed by atoms with E-state index in [2.05, 4.69) is 19.2 Å². The molecule has 7 unspecified atom stereocenters. The van der Waals surface area contributed by atoms with Crippen molar-refractivity contribution in [2.24, 2.45) is 40.4 Å². The van der Waals surface area contributed by atoms with E-state index in [1.54, 1.807) is 7.05 Å². The number of nitrogens with one attached hydrogen (secondary N) is 1. The molecule has 2 nitrogen and oxygen atoms in total. The summed E-state index contributed by atoms with van der Waals surface area (Å²) in [6.45, 7) is 5.33. The lowest BCUT2D eigenvalue weighted by Gasteiger charge is -2.60. The summed E-state index contributed by atoms with van der Waals surface area (Å²) in [7, 11) is 1.76. The van der Waals surface area contributed by atoms with Gasteiger partial charge in [-0.1, -0.05) is 26.7 Å². The average Bonchev–Trinajstić information content (AvgIpc) is 2.97. The van der Waals surface area contributed by atoms with Crippen LogP contribution in [0.3, 0.4) is 0 Å². The molecule has 2 heteroatoms. The highest BCUT2D eigenvalue weighted by Gasteiger charge is 2.59. The van der Waals surface area contributed by atoms with Crippen LogP contribution >= 0.6 is 0 Å². The van der Waals surface area contributed by atoms with Gasteiger partial charge in [0.25, 0.3) is 0 Å². The van der Waals surface area contributed by atoms with Crippen molar-refractivity contribution in [2.45, 2.75) is 97.3 Å². The van der Waals surface area contributed by atoms with Gasteiger partial charge in [0.15, 0.2) is 0 Å². The zero-order valence-corrected chi connectivity index (χ0v) is 17.5. The molecule has 4 aliphatic carbocycles. The Labute approximate surface area is 161 Å². The maximum atomic E-state index is 11.6. The Bertz CT molecular complexity index is 530. The highest BCUT2D eigenvalue weighted by Crippen LogP contribution is 2.67. The number of hydrogen-bond acceptors (Lipinski definition) is 1. The van der Waals surface area contributed by atoms with E-state index in [4.69, 9.17) is 0 Å². The summed E-state index contributed by atoms with van der Waals surface area (Å²) >= 11 is 0. The molecule has 0 spiro atoms. The van der Waals surface area contributed by atoms with Crippen LogP contribution in [0.1, 0.15) is 97.3 Å². The van der Waals surface area contributed by atoms with Crippen molar-refractivity contribution in [1.29, 1.82) is 0 Å². The van der Waals surface area contributed by atoms with Crippen molar-refractivity contribution in [3.05, 3.63) is 0 Å². The molecular formula is C24H41NO. The molecule has 148 valence electrons. The third-order valence-electron chi connectivity index (χ3n) is 10.0. The van der Waals surface area contributed by atoms with Crippen LogP contribution in [-0.2, 0) is 4.79 Å². The van der Waals surface area contributed by atoms with Crippen LogP contribution in [0, 0.1) is 40.4 Å². The van der Waals surface area contributed by atoms with Crippen LogP contribution in [0.15, 0.2) is 0 Å². The van der Waals surface area contributed by atoms with Gasteiger partial charge in [-0.15, -0.1) is 0 Å². The van der Waals surface area contributed by atoms with Crippen LogP contribution in [0.5, 0.6) is 0 Å². The first kappa shape index (κ1) is 18.8. The Morgan fingerprint density at radius 2 is 1.73 bits per heavy atom. The molecule has 4 aliphatic rings. The standard InChI is InChI=1S/C24H41NO/c1-23-15-5-4-7-17(23)10-12-19-20-13-11-18(8-6-9-22(26)25-3)24(20,2)16-14-21(19)23/h17-21H,4-16H2,1-3H3,(H,25,26). The van der Waals surface area contributed by atoms with Crippen molar-refractivity contribution in [3.8, 4) is 0 Å². The fourth-order valence-corrected chi connectivity index (χ4v) is 8.51. The molecule has 7 atom stereocenters. The van der Waals surface area contributed by atoms with Gasteiger partial charge >= 0.3 is 0 Å². The Hall–Kier alpha value is -0.530. The Balaban J connectivity index is 1.45. The van der Waals surface area contributed by atoms with Gasteiger partial charge < -0.3 is 5.32 Å². The molecule has 0 heterocycles. The Kier molecular flexibility index (Phi) is 5.16. The molecule has 1 N–H and O–H groups in total. The summed E-state index contributed by atoms with van der Waals surface area (Å²) in [5.74, 6) is 5.13. The lowest BCUT2D eigenvalue weighted by atomic mass is 9.45. The van der Waals surface area contributed by atoms with Gasteiger partial charge in [0.2, 0.25) is 5.91 Å². The van der Waals surface area contributed by atoms with E-state index in [1.165, 1.54) is 70.6 Å². The van der Waals surface area contributed by atoms with E-state index in [9.17, 15) is 4.79 Å². The molecule has 0 aromatic rings. The second kappa shape index (κ2) is 7.13. The second-order valence-corrected chi connectivity index (χ2v) is 10.8. The fraction of sp³-hybridized carbons (Fsp3) is 0.958. The van der Waals surface area contributed by atoms with Gasteiger partial charge in [0.05, 0.1) is 0 Å². The molecule has 0 aliphatic heterocycles. The van der Waals surface area contributed by atoms with Gasteiger partial charge in [0, 0.05) is 13.5 Å². The van der Waals surface area contributed by atoms with Crippen LogP contribution in [0.2, 0.25) is 0 Å². The maximum absolute atomic E-state index is 11.6. The summed E-state index contributed by atoms with van der Waals surface area (Å²) in [6.07, 6.45) is 18.0. The molecule has 0 saturated heterocycles. The molecule has 0 bridgehead atoms. The fourth-order valence-electron chi connectivity index (χ4n) is 8.51. The van der Waals surface area contributed by atoms with Gasteiger partial charge in [-0.05, 0) is 105 Å². The minimum Gasteiger partial charge on any atom is -0.359 e. The van der Waals surface area contributed by atoms with Crippen molar-refractivity contribution >= 4 is 5.91 Å². The number of fused-ring (bicyclic) bond motifs is 5.